The van der Waals surface area contributed by atoms with Crippen LogP contribution in [0.5, 0.6) is 0 Å². The molecule has 168 valence electrons. The number of amides is 2. The predicted molar refractivity (Wildman–Crippen MR) is 117 cm³/mol. The van der Waals surface area contributed by atoms with Crippen LogP contribution in [0.4, 0.5) is 5.69 Å². The van der Waals surface area contributed by atoms with E-state index in [1.807, 2.05) is 0 Å². The van der Waals surface area contributed by atoms with Crippen LogP contribution in [-0.2, 0) is 21.2 Å². The van der Waals surface area contributed by atoms with E-state index in [-0.39, 0.29) is 35.7 Å². The van der Waals surface area contributed by atoms with E-state index in [9.17, 15) is 18.0 Å². The third-order valence-electron chi connectivity index (χ3n) is 7.18. The second kappa shape index (κ2) is 8.18. The van der Waals surface area contributed by atoms with Gasteiger partial charge in [0.25, 0.3) is 5.91 Å². The lowest BCUT2D eigenvalue weighted by Crippen LogP contribution is -2.53. The lowest BCUT2D eigenvalue weighted by atomic mass is 9.99. The minimum atomic E-state index is -3.28. The summed E-state index contributed by atoms with van der Waals surface area (Å²) in [6.45, 7) is 2.63. The molecule has 8 nitrogen and oxygen atoms in total. The van der Waals surface area contributed by atoms with Crippen molar-refractivity contribution in [2.75, 3.05) is 30.7 Å². The maximum atomic E-state index is 13.1. The van der Waals surface area contributed by atoms with E-state index >= 15 is 0 Å². The second-order valence-electron chi connectivity index (χ2n) is 9.32. The summed E-state index contributed by atoms with van der Waals surface area (Å²) in [6, 6.07) is 5.21. The molecule has 0 radical (unpaired) electrons. The fourth-order valence-electron chi connectivity index (χ4n) is 5.70. The summed E-state index contributed by atoms with van der Waals surface area (Å²) in [6.07, 6.45) is 5.68. The van der Waals surface area contributed by atoms with Crippen LogP contribution in [0.25, 0.3) is 0 Å². The van der Waals surface area contributed by atoms with Crippen molar-refractivity contribution < 1.29 is 18.0 Å². The molecule has 0 spiro atoms. The average Bonchev–Trinajstić information content (AvgIpc) is 3.43. The molecule has 1 aromatic rings. The zero-order chi connectivity index (χ0) is 21.6. The van der Waals surface area contributed by atoms with Crippen molar-refractivity contribution in [2.24, 2.45) is 0 Å². The van der Waals surface area contributed by atoms with Crippen LogP contribution in [0.2, 0.25) is 0 Å². The van der Waals surface area contributed by atoms with Crippen molar-refractivity contribution in [1.29, 1.82) is 0 Å². The molecule has 2 amide bonds. The van der Waals surface area contributed by atoms with Gasteiger partial charge in [0.2, 0.25) is 15.9 Å². The zero-order valence-corrected chi connectivity index (χ0v) is 18.5. The van der Waals surface area contributed by atoms with Gasteiger partial charge in [0, 0.05) is 35.9 Å². The number of sulfonamides is 1. The van der Waals surface area contributed by atoms with Gasteiger partial charge in [0.15, 0.2) is 0 Å². The monoisotopic (exact) mass is 446 g/mol. The first-order chi connectivity index (χ1) is 14.9. The number of hydrogen-bond acceptors (Lipinski definition) is 5. The van der Waals surface area contributed by atoms with Crippen molar-refractivity contribution in [3.8, 4) is 0 Å². The summed E-state index contributed by atoms with van der Waals surface area (Å²) in [5, 5.41) is 5.89. The molecule has 4 heterocycles. The average molecular weight is 447 g/mol. The molecule has 4 aliphatic heterocycles. The number of likely N-dealkylation sites (tertiary alicyclic amines) is 1. The van der Waals surface area contributed by atoms with Crippen LogP contribution in [0.1, 0.15) is 54.4 Å². The summed E-state index contributed by atoms with van der Waals surface area (Å²) < 4.78 is 27.9. The molecule has 1 aromatic carbocycles. The Morgan fingerprint density at radius 3 is 2.55 bits per heavy atom. The van der Waals surface area contributed by atoms with E-state index in [0.717, 1.165) is 50.0 Å². The highest BCUT2D eigenvalue weighted by Crippen LogP contribution is 2.38. The van der Waals surface area contributed by atoms with Gasteiger partial charge in [-0.15, -0.1) is 0 Å². The Morgan fingerprint density at radius 1 is 1.13 bits per heavy atom. The minimum Gasteiger partial charge on any atom is -0.349 e. The van der Waals surface area contributed by atoms with Crippen LogP contribution in [0, 0.1) is 0 Å². The summed E-state index contributed by atoms with van der Waals surface area (Å²) >= 11 is 0. The Morgan fingerprint density at radius 2 is 1.84 bits per heavy atom. The van der Waals surface area contributed by atoms with Crippen LogP contribution in [0.15, 0.2) is 18.2 Å². The Kier molecular flexibility index (Phi) is 5.52. The van der Waals surface area contributed by atoms with E-state index in [1.165, 1.54) is 0 Å². The number of anilines is 1. The smallest absolute Gasteiger partial charge is 0.251 e. The van der Waals surface area contributed by atoms with Gasteiger partial charge in [-0.1, -0.05) is 0 Å². The number of nitrogens with one attached hydrogen (secondary N) is 2. The van der Waals surface area contributed by atoms with Gasteiger partial charge in [-0.2, -0.15) is 4.31 Å². The van der Waals surface area contributed by atoms with E-state index in [1.54, 1.807) is 22.5 Å². The molecular formula is C22H30N4O4S. The van der Waals surface area contributed by atoms with Crippen molar-refractivity contribution in [2.45, 2.75) is 63.1 Å². The number of piperidine rings is 1. The third kappa shape index (κ3) is 4.23. The molecule has 31 heavy (non-hydrogen) atoms. The van der Waals surface area contributed by atoms with Gasteiger partial charge in [-0.25, -0.2) is 8.42 Å². The molecular weight excluding hydrogens is 416 g/mol. The van der Waals surface area contributed by atoms with Gasteiger partial charge in [-0.3, -0.25) is 9.59 Å². The molecule has 3 atom stereocenters. The highest BCUT2D eigenvalue weighted by Gasteiger charge is 2.46. The molecule has 0 aromatic heterocycles. The molecule has 2 bridgehead atoms. The summed E-state index contributed by atoms with van der Waals surface area (Å²) in [4.78, 5) is 26.6. The molecule has 3 saturated heterocycles. The van der Waals surface area contributed by atoms with E-state index < -0.39 is 10.0 Å². The van der Waals surface area contributed by atoms with Crippen LogP contribution in [0.3, 0.4) is 0 Å². The van der Waals surface area contributed by atoms with Crippen LogP contribution in [-0.4, -0.2) is 72.9 Å². The fraction of sp³-hybridized carbons (Fsp3) is 0.636. The van der Waals surface area contributed by atoms with Crippen molar-refractivity contribution in [3.05, 3.63) is 29.3 Å². The van der Waals surface area contributed by atoms with Crippen LogP contribution < -0.4 is 10.6 Å². The van der Waals surface area contributed by atoms with Crippen LogP contribution >= 0.6 is 0 Å². The molecule has 9 heteroatoms. The predicted octanol–water partition coefficient (Wildman–Crippen LogP) is 1.33. The zero-order valence-electron chi connectivity index (χ0n) is 17.7. The third-order valence-corrected chi connectivity index (χ3v) is 9.12. The Hall–Kier alpha value is -1.97. The lowest BCUT2D eigenvalue weighted by molar-refractivity contribution is -0.115. The quantitative estimate of drug-likeness (QED) is 0.687. The highest BCUT2D eigenvalue weighted by atomic mass is 32.2. The summed E-state index contributed by atoms with van der Waals surface area (Å²) in [5.41, 5.74) is 2.16. The van der Waals surface area contributed by atoms with E-state index in [4.69, 9.17) is 0 Å². The Bertz CT molecular complexity index is 975. The molecule has 2 N–H and O–H groups in total. The number of hydrogen-bond donors (Lipinski definition) is 2. The minimum absolute atomic E-state index is 0.0190. The van der Waals surface area contributed by atoms with Gasteiger partial charge in [-0.05, 0) is 75.4 Å². The number of rotatable bonds is 6. The molecule has 0 unspecified atom stereocenters. The van der Waals surface area contributed by atoms with Gasteiger partial charge >= 0.3 is 0 Å². The Balaban J connectivity index is 1.20. The van der Waals surface area contributed by atoms with E-state index in [0.29, 0.717) is 31.4 Å². The standard InChI is InChI=1S/C22H30N4O4S/c27-21-12-16-11-15(3-6-20(16)24-21)22(28)23-17-13-18-4-5-19(14-17)26(18)31(29,30)10-9-25-7-1-2-8-25/h3,6,11,17-19H,1-2,4-5,7-10,12-14H2,(H,23,28)(H,24,27)/t17-,18-,19+. The first-order valence-corrected chi connectivity index (χ1v) is 13.0. The van der Waals surface area contributed by atoms with Crippen molar-refractivity contribution >= 4 is 27.5 Å². The number of fused-ring (bicyclic) bond motifs is 3. The first-order valence-electron chi connectivity index (χ1n) is 11.4. The summed E-state index contributed by atoms with van der Waals surface area (Å²) in [7, 11) is -3.28. The molecule has 4 aliphatic rings. The maximum Gasteiger partial charge on any atom is 0.251 e. The highest BCUT2D eigenvalue weighted by molar-refractivity contribution is 7.89. The normalized spacial score (nSPS) is 28.5. The van der Waals surface area contributed by atoms with Crippen molar-refractivity contribution in [3.63, 3.8) is 0 Å². The van der Waals surface area contributed by atoms with Gasteiger partial charge in [0.05, 0.1) is 12.2 Å². The van der Waals surface area contributed by atoms with E-state index in [2.05, 4.69) is 15.5 Å². The maximum absolute atomic E-state index is 13.1. The number of benzene rings is 1. The van der Waals surface area contributed by atoms with Gasteiger partial charge in [0.1, 0.15) is 0 Å². The van der Waals surface area contributed by atoms with Gasteiger partial charge < -0.3 is 15.5 Å². The Labute approximate surface area is 183 Å². The lowest BCUT2D eigenvalue weighted by Gasteiger charge is -2.38. The molecule has 3 fully saturated rings. The molecule has 0 aliphatic carbocycles. The second-order valence-corrected chi connectivity index (χ2v) is 11.3. The SMILES string of the molecule is O=C1Cc2cc(C(=O)N[C@@H]3C[C@H]4CC[C@@H](C3)N4S(=O)(=O)CCN3CCCC3)ccc2N1. The molecule has 5 rings (SSSR count). The number of carbonyl (C=O) groups is 2. The summed E-state index contributed by atoms with van der Waals surface area (Å²) in [5.74, 6) is -0.0156. The topological polar surface area (TPSA) is 98.8 Å². The first kappa shape index (κ1) is 20.9. The fourth-order valence-corrected chi connectivity index (χ4v) is 7.69. The van der Waals surface area contributed by atoms with Crippen molar-refractivity contribution in [1.82, 2.24) is 14.5 Å². The largest absolute Gasteiger partial charge is 0.349 e. The molecule has 0 saturated carbocycles. The number of nitrogens with zero attached hydrogens (tertiary/aromatic N) is 2. The number of carbonyl (C=O) groups excluding carboxylic acids is 2.